The maximum atomic E-state index is 11.8. The Bertz CT molecular complexity index is 694. The summed E-state index contributed by atoms with van der Waals surface area (Å²) in [6.45, 7) is 0. The number of nitrogens with zero attached hydrogens (tertiary/aromatic N) is 2. The molecule has 7 nitrogen and oxygen atoms in total. The minimum absolute atomic E-state index is 0.152. The first kappa shape index (κ1) is 12.4. The lowest BCUT2D eigenvalue weighted by Gasteiger charge is -2.06. The molecule has 1 heterocycles. The molecule has 94 valence electrons. The van der Waals surface area contributed by atoms with Gasteiger partial charge in [-0.1, -0.05) is 18.2 Å². The summed E-state index contributed by atoms with van der Waals surface area (Å²) in [5.74, 6) is -0.754. The molecule has 8 heteroatoms. The highest BCUT2D eigenvalue weighted by molar-refractivity contribution is 7.88. The van der Waals surface area contributed by atoms with Crippen LogP contribution in [0.3, 0.4) is 0 Å². The van der Waals surface area contributed by atoms with Crippen LogP contribution in [0.5, 0.6) is 0 Å². The number of amides is 1. The predicted octanol–water partition coefficient (Wildman–Crippen LogP) is -0.176. The zero-order valence-electron chi connectivity index (χ0n) is 9.41. The Morgan fingerprint density at radius 1 is 1.28 bits per heavy atom. The van der Waals surface area contributed by atoms with Crippen molar-refractivity contribution in [2.24, 2.45) is 0 Å². The molecule has 0 atom stereocenters. The Morgan fingerprint density at radius 3 is 2.72 bits per heavy atom. The van der Waals surface area contributed by atoms with Crippen molar-refractivity contribution in [3.8, 4) is 0 Å². The topological polar surface area (TPSA) is 101 Å². The highest BCUT2D eigenvalue weighted by Crippen LogP contribution is 2.14. The Hall–Kier alpha value is -2.06. The van der Waals surface area contributed by atoms with Gasteiger partial charge in [-0.15, -0.1) is 0 Å². The predicted molar refractivity (Wildman–Crippen MR) is 65.0 cm³/mol. The first-order valence-corrected chi connectivity index (χ1v) is 6.48. The average Bonchev–Trinajstić information content (AvgIpc) is 2.37. The smallest absolute Gasteiger partial charge is 0.268 e. The van der Waals surface area contributed by atoms with Gasteiger partial charge >= 0.3 is 10.2 Å². The summed E-state index contributed by atoms with van der Waals surface area (Å²) in [5.41, 5.74) is 0.673. The van der Waals surface area contributed by atoms with E-state index in [1.54, 1.807) is 24.3 Å². The van der Waals surface area contributed by atoms with Gasteiger partial charge in [0.25, 0.3) is 5.91 Å². The van der Waals surface area contributed by atoms with E-state index in [0.717, 1.165) is 0 Å². The van der Waals surface area contributed by atoms with Gasteiger partial charge in [0, 0.05) is 12.4 Å². The maximum Gasteiger partial charge on any atom is 0.301 e. The van der Waals surface area contributed by atoms with Crippen LogP contribution < -0.4 is 9.44 Å². The summed E-state index contributed by atoms with van der Waals surface area (Å²) in [7, 11) is -2.63. The summed E-state index contributed by atoms with van der Waals surface area (Å²) in [6.07, 6.45) is 1.23. The van der Waals surface area contributed by atoms with Gasteiger partial charge in [0.15, 0.2) is 0 Å². The molecule has 0 unspecified atom stereocenters. The number of benzene rings is 1. The van der Waals surface area contributed by atoms with Gasteiger partial charge in [0.05, 0.1) is 17.3 Å². The Morgan fingerprint density at radius 2 is 2.00 bits per heavy atom. The Kier molecular flexibility index (Phi) is 3.21. The van der Waals surface area contributed by atoms with Gasteiger partial charge in [-0.05, 0) is 6.07 Å². The molecule has 2 rings (SSSR count). The molecule has 0 bridgehead atoms. The molecular formula is C10H10N4O3S. The third kappa shape index (κ3) is 2.44. The summed E-state index contributed by atoms with van der Waals surface area (Å²) >= 11 is 0. The molecule has 0 fully saturated rings. The molecule has 0 aliphatic rings. The number of carbonyl (C=O) groups excluding carboxylic acids is 1. The molecule has 0 saturated carbocycles. The molecule has 0 radical (unpaired) electrons. The quantitative estimate of drug-likeness (QED) is 0.802. The maximum absolute atomic E-state index is 11.8. The van der Waals surface area contributed by atoms with E-state index in [-0.39, 0.29) is 5.56 Å². The van der Waals surface area contributed by atoms with Crippen LogP contribution >= 0.6 is 0 Å². The van der Waals surface area contributed by atoms with Crippen LogP contribution in [0.15, 0.2) is 30.5 Å². The van der Waals surface area contributed by atoms with Crippen molar-refractivity contribution in [1.29, 1.82) is 0 Å². The second-order valence-electron chi connectivity index (χ2n) is 3.41. The summed E-state index contributed by atoms with van der Waals surface area (Å²) in [4.78, 5) is 11.8. The van der Waals surface area contributed by atoms with Crippen LogP contribution in [0.25, 0.3) is 10.9 Å². The minimum atomic E-state index is -3.83. The second-order valence-corrected chi connectivity index (χ2v) is 5.03. The van der Waals surface area contributed by atoms with Gasteiger partial charge in [0.1, 0.15) is 0 Å². The van der Waals surface area contributed by atoms with E-state index < -0.39 is 16.1 Å². The zero-order valence-corrected chi connectivity index (χ0v) is 10.2. The number of rotatable bonds is 3. The molecule has 0 aliphatic carbocycles. The standard InChI is InChI=1S/C10H10N4O3S/c1-11-18(16,17)14-10(15)8-6-12-13-9-5-3-2-4-7(8)9/h2-6,11H,1H3,(H,14,15). The number of hydrogen-bond acceptors (Lipinski definition) is 5. The average molecular weight is 266 g/mol. The second kappa shape index (κ2) is 4.67. The first-order valence-electron chi connectivity index (χ1n) is 4.99. The van der Waals surface area contributed by atoms with E-state index in [9.17, 15) is 13.2 Å². The molecule has 1 amide bonds. The molecule has 1 aromatic heterocycles. The molecular weight excluding hydrogens is 256 g/mol. The molecule has 0 aliphatic heterocycles. The molecule has 2 N–H and O–H groups in total. The lowest BCUT2D eigenvalue weighted by molar-refractivity contribution is 0.0982. The van der Waals surface area contributed by atoms with E-state index in [2.05, 4.69) is 10.2 Å². The van der Waals surface area contributed by atoms with Crippen LogP contribution in [0.4, 0.5) is 0 Å². The number of nitrogens with one attached hydrogen (secondary N) is 2. The number of fused-ring (bicyclic) bond motifs is 1. The van der Waals surface area contributed by atoms with Crippen LogP contribution in [0.1, 0.15) is 10.4 Å². The van der Waals surface area contributed by atoms with Crippen molar-refractivity contribution in [1.82, 2.24) is 19.6 Å². The van der Waals surface area contributed by atoms with Crippen molar-refractivity contribution in [2.75, 3.05) is 7.05 Å². The fourth-order valence-corrected chi connectivity index (χ4v) is 1.87. The SMILES string of the molecule is CNS(=O)(=O)NC(=O)c1cnnc2ccccc12. The highest BCUT2D eigenvalue weighted by Gasteiger charge is 2.16. The molecule has 1 aromatic carbocycles. The van der Waals surface area contributed by atoms with Gasteiger partial charge in [-0.2, -0.15) is 18.6 Å². The number of aromatic nitrogens is 2. The lowest BCUT2D eigenvalue weighted by Crippen LogP contribution is -2.38. The summed E-state index contributed by atoms with van der Waals surface area (Å²) in [6, 6.07) is 6.84. The van der Waals surface area contributed by atoms with Crippen molar-refractivity contribution < 1.29 is 13.2 Å². The van der Waals surface area contributed by atoms with Crippen LogP contribution in [0, 0.1) is 0 Å². The Labute approximate surface area is 103 Å². The van der Waals surface area contributed by atoms with E-state index in [0.29, 0.717) is 10.9 Å². The minimum Gasteiger partial charge on any atom is -0.268 e. The largest absolute Gasteiger partial charge is 0.301 e. The van der Waals surface area contributed by atoms with Crippen molar-refractivity contribution in [3.05, 3.63) is 36.0 Å². The Balaban J connectivity index is 2.46. The third-order valence-corrected chi connectivity index (χ3v) is 3.28. The van der Waals surface area contributed by atoms with Crippen LogP contribution in [-0.2, 0) is 10.2 Å². The summed E-state index contributed by atoms with van der Waals surface area (Å²) in [5, 5.41) is 8.05. The monoisotopic (exact) mass is 266 g/mol. The molecule has 0 saturated heterocycles. The zero-order chi connectivity index (χ0) is 13.2. The third-order valence-electron chi connectivity index (χ3n) is 2.29. The van der Waals surface area contributed by atoms with Crippen molar-refractivity contribution in [3.63, 3.8) is 0 Å². The van der Waals surface area contributed by atoms with Gasteiger partial charge in [-0.25, -0.2) is 9.44 Å². The van der Waals surface area contributed by atoms with Crippen LogP contribution in [0.2, 0.25) is 0 Å². The molecule has 18 heavy (non-hydrogen) atoms. The van der Waals surface area contributed by atoms with Crippen molar-refractivity contribution >= 4 is 27.0 Å². The highest BCUT2D eigenvalue weighted by atomic mass is 32.2. The van der Waals surface area contributed by atoms with Crippen molar-refractivity contribution in [2.45, 2.75) is 0 Å². The van der Waals surface area contributed by atoms with Gasteiger partial charge < -0.3 is 0 Å². The number of hydrogen-bond donors (Lipinski definition) is 2. The first-order chi connectivity index (χ1) is 8.53. The molecule has 2 aromatic rings. The fourth-order valence-electron chi connectivity index (χ4n) is 1.42. The van der Waals surface area contributed by atoms with Gasteiger partial charge in [-0.3, -0.25) is 4.79 Å². The lowest BCUT2D eigenvalue weighted by atomic mass is 10.1. The normalized spacial score (nSPS) is 11.4. The van der Waals surface area contributed by atoms with Crippen LogP contribution in [-0.4, -0.2) is 31.6 Å². The fraction of sp³-hybridized carbons (Fsp3) is 0.100. The van der Waals surface area contributed by atoms with E-state index >= 15 is 0 Å². The van der Waals surface area contributed by atoms with E-state index in [1.165, 1.54) is 13.2 Å². The summed E-state index contributed by atoms with van der Waals surface area (Å²) < 4.78 is 26.3. The molecule has 0 spiro atoms. The van der Waals surface area contributed by atoms with E-state index in [4.69, 9.17) is 0 Å². The number of carbonyl (C=O) groups is 1. The van der Waals surface area contributed by atoms with Gasteiger partial charge in [0.2, 0.25) is 0 Å². The van der Waals surface area contributed by atoms with E-state index in [1.807, 2.05) is 9.44 Å².